The van der Waals surface area contributed by atoms with Crippen LogP contribution in [0.25, 0.3) is 0 Å². The molecular weight excluding hydrogens is 406 g/mol. The maximum atomic E-state index is 12.0. The van der Waals surface area contributed by atoms with Gasteiger partial charge in [-0.3, -0.25) is 5.41 Å². The Morgan fingerprint density at radius 2 is 2.07 bits per heavy atom. The number of aliphatic carboxylic acids is 1. The molecule has 0 spiro atoms. The van der Waals surface area contributed by atoms with Crippen LogP contribution >= 0.6 is 12.4 Å². The van der Waals surface area contributed by atoms with E-state index >= 15 is 0 Å². The van der Waals surface area contributed by atoms with E-state index in [9.17, 15) is 9.90 Å². The Labute approximate surface area is 182 Å². The first-order chi connectivity index (χ1) is 14.0. The monoisotopic (exact) mass is 433 g/mol. The molecule has 1 fully saturated rings. The Hall–Kier alpha value is -2.77. The summed E-state index contributed by atoms with van der Waals surface area (Å²) < 4.78 is 11.5. The van der Waals surface area contributed by atoms with Gasteiger partial charge >= 0.3 is 5.97 Å². The van der Waals surface area contributed by atoms with E-state index in [0.29, 0.717) is 29.2 Å². The highest BCUT2D eigenvalue weighted by Crippen LogP contribution is 2.27. The molecule has 1 unspecified atom stereocenters. The molecule has 1 aliphatic heterocycles. The van der Waals surface area contributed by atoms with Crippen LogP contribution in [0.4, 0.5) is 5.69 Å². The number of nitrogens with two attached hydrogens (primary N) is 1. The number of rotatable bonds is 9. The van der Waals surface area contributed by atoms with Crippen molar-refractivity contribution >= 4 is 29.9 Å². The van der Waals surface area contributed by atoms with Crippen LogP contribution in [0.3, 0.4) is 0 Å². The summed E-state index contributed by atoms with van der Waals surface area (Å²) in [5.41, 5.74) is 8.31. The quantitative estimate of drug-likeness (QED) is 0.353. The molecule has 5 N–H and O–H groups in total. The average Bonchev–Trinajstić information content (AvgIpc) is 3.24. The van der Waals surface area contributed by atoms with Crippen molar-refractivity contribution in [3.63, 3.8) is 0 Å². The molecule has 1 heterocycles. The van der Waals surface area contributed by atoms with E-state index < -0.39 is 12.0 Å². The van der Waals surface area contributed by atoms with Crippen molar-refractivity contribution in [1.82, 2.24) is 0 Å². The van der Waals surface area contributed by atoms with Crippen LogP contribution in [-0.2, 0) is 16.0 Å². The minimum absolute atomic E-state index is 0. The fourth-order valence-electron chi connectivity index (χ4n) is 3.31. The maximum absolute atomic E-state index is 12.0. The SMILES string of the molecule is CCc1cc(OC[C@@H]2CCCO2)cc(C(Nc2ccc(C(=N)N)cc2)C(=O)O)c1.Cl. The van der Waals surface area contributed by atoms with Gasteiger partial charge in [0, 0.05) is 17.9 Å². The van der Waals surface area contributed by atoms with Gasteiger partial charge in [0.15, 0.2) is 6.04 Å². The molecule has 2 aromatic carbocycles. The van der Waals surface area contributed by atoms with Gasteiger partial charge in [-0.15, -0.1) is 12.4 Å². The van der Waals surface area contributed by atoms with Crippen LogP contribution in [0.5, 0.6) is 5.75 Å². The molecule has 1 saturated heterocycles. The van der Waals surface area contributed by atoms with E-state index in [4.69, 9.17) is 20.6 Å². The predicted octanol–water partition coefficient (Wildman–Crippen LogP) is 3.75. The fourth-order valence-corrected chi connectivity index (χ4v) is 3.31. The molecule has 0 amide bonds. The third-order valence-corrected chi connectivity index (χ3v) is 4.94. The Kier molecular flexibility index (Phi) is 8.50. The first kappa shape index (κ1) is 23.5. The van der Waals surface area contributed by atoms with Crippen molar-refractivity contribution < 1.29 is 19.4 Å². The molecule has 3 rings (SSSR count). The summed E-state index contributed by atoms with van der Waals surface area (Å²) in [6, 6.07) is 11.5. The highest BCUT2D eigenvalue weighted by atomic mass is 35.5. The Morgan fingerprint density at radius 3 is 2.63 bits per heavy atom. The topological polar surface area (TPSA) is 118 Å². The van der Waals surface area contributed by atoms with Crippen molar-refractivity contribution in [3.8, 4) is 5.75 Å². The van der Waals surface area contributed by atoms with Crippen LogP contribution in [0.1, 0.15) is 42.5 Å². The Balaban J connectivity index is 0.00000320. The van der Waals surface area contributed by atoms with E-state index in [-0.39, 0.29) is 24.3 Å². The number of carbonyl (C=O) groups is 1. The molecule has 2 atom stereocenters. The van der Waals surface area contributed by atoms with Crippen molar-refractivity contribution in [2.45, 2.75) is 38.3 Å². The molecule has 162 valence electrons. The predicted molar refractivity (Wildman–Crippen MR) is 119 cm³/mol. The largest absolute Gasteiger partial charge is 0.491 e. The molecule has 7 nitrogen and oxygen atoms in total. The second-order valence-electron chi connectivity index (χ2n) is 7.12. The molecule has 30 heavy (non-hydrogen) atoms. The number of benzene rings is 2. The molecule has 0 saturated carbocycles. The average molecular weight is 434 g/mol. The van der Waals surface area contributed by atoms with Crippen LogP contribution in [-0.4, -0.2) is 36.2 Å². The van der Waals surface area contributed by atoms with E-state index in [1.54, 1.807) is 30.3 Å². The summed E-state index contributed by atoms with van der Waals surface area (Å²) in [6.07, 6.45) is 2.89. The van der Waals surface area contributed by atoms with Crippen LogP contribution in [0.15, 0.2) is 42.5 Å². The zero-order valence-electron chi connectivity index (χ0n) is 16.9. The summed E-state index contributed by atoms with van der Waals surface area (Å²) in [6.45, 7) is 3.25. The minimum Gasteiger partial charge on any atom is -0.491 e. The summed E-state index contributed by atoms with van der Waals surface area (Å²) in [4.78, 5) is 12.0. The third-order valence-electron chi connectivity index (χ3n) is 4.94. The van der Waals surface area contributed by atoms with Gasteiger partial charge in [0.25, 0.3) is 0 Å². The smallest absolute Gasteiger partial charge is 0.330 e. The molecule has 0 bridgehead atoms. The van der Waals surface area contributed by atoms with Gasteiger partial charge in [0.1, 0.15) is 18.2 Å². The van der Waals surface area contributed by atoms with Gasteiger partial charge in [-0.05, 0) is 66.8 Å². The second-order valence-corrected chi connectivity index (χ2v) is 7.12. The first-order valence-electron chi connectivity index (χ1n) is 9.78. The highest BCUT2D eigenvalue weighted by molar-refractivity contribution is 5.95. The normalized spacial score (nSPS) is 16.4. The number of nitrogens with one attached hydrogen (secondary N) is 2. The number of carboxylic acid groups (broad SMARTS) is 1. The van der Waals surface area contributed by atoms with E-state index in [1.807, 2.05) is 19.1 Å². The fraction of sp³-hybridized carbons (Fsp3) is 0.364. The third kappa shape index (κ3) is 6.11. The van der Waals surface area contributed by atoms with E-state index in [0.717, 1.165) is 31.4 Å². The molecule has 0 radical (unpaired) electrons. The van der Waals surface area contributed by atoms with Crippen LogP contribution in [0.2, 0.25) is 0 Å². The van der Waals surface area contributed by atoms with Gasteiger partial charge in [-0.2, -0.15) is 0 Å². The molecule has 8 heteroatoms. The number of hydrogen-bond acceptors (Lipinski definition) is 5. The number of hydrogen-bond donors (Lipinski definition) is 4. The van der Waals surface area contributed by atoms with E-state index in [1.165, 1.54) is 0 Å². The molecule has 2 aromatic rings. The highest BCUT2D eigenvalue weighted by Gasteiger charge is 2.22. The summed E-state index contributed by atoms with van der Waals surface area (Å²) in [5.74, 6) is -0.371. The summed E-state index contributed by atoms with van der Waals surface area (Å²) in [7, 11) is 0. The Bertz CT molecular complexity index is 867. The van der Waals surface area contributed by atoms with Crippen LogP contribution < -0.4 is 15.8 Å². The lowest BCUT2D eigenvalue weighted by atomic mass is 10.0. The van der Waals surface area contributed by atoms with Gasteiger partial charge in [0.05, 0.1) is 6.10 Å². The zero-order chi connectivity index (χ0) is 20.8. The number of nitrogen functional groups attached to an aromatic ring is 1. The van der Waals surface area contributed by atoms with E-state index in [2.05, 4.69) is 5.32 Å². The number of carboxylic acids is 1. The number of halogens is 1. The van der Waals surface area contributed by atoms with Crippen molar-refractivity contribution in [2.75, 3.05) is 18.5 Å². The van der Waals surface area contributed by atoms with Gasteiger partial charge in [-0.1, -0.05) is 13.0 Å². The maximum Gasteiger partial charge on any atom is 0.330 e. The van der Waals surface area contributed by atoms with Gasteiger partial charge in [-0.25, -0.2) is 4.79 Å². The molecular formula is C22H28ClN3O4. The summed E-state index contributed by atoms with van der Waals surface area (Å²) >= 11 is 0. The van der Waals surface area contributed by atoms with Crippen molar-refractivity contribution in [2.24, 2.45) is 5.73 Å². The lowest BCUT2D eigenvalue weighted by molar-refractivity contribution is -0.138. The second kappa shape index (κ2) is 10.8. The molecule has 0 aliphatic carbocycles. The van der Waals surface area contributed by atoms with Gasteiger partial charge in [0.2, 0.25) is 0 Å². The van der Waals surface area contributed by atoms with Gasteiger partial charge < -0.3 is 25.6 Å². The molecule has 0 aromatic heterocycles. The summed E-state index contributed by atoms with van der Waals surface area (Å²) in [5, 5.41) is 20.3. The zero-order valence-corrected chi connectivity index (χ0v) is 17.7. The molecule has 1 aliphatic rings. The Morgan fingerprint density at radius 1 is 1.33 bits per heavy atom. The lowest BCUT2D eigenvalue weighted by Crippen LogP contribution is -2.21. The van der Waals surface area contributed by atoms with Crippen molar-refractivity contribution in [3.05, 3.63) is 59.2 Å². The lowest BCUT2D eigenvalue weighted by Gasteiger charge is -2.19. The minimum atomic E-state index is -0.987. The number of amidine groups is 1. The standard InChI is InChI=1S/C22H27N3O4.ClH/c1-2-14-10-16(12-19(11-14)29-13-18-4-3-9-28-18)20(22(26)27)25-17-7-5-15(6-8-17)21(23)24;/h5-8,10-12,18,20,25H,2-4,9,13H2,1H3,(H3,23,24)(H,26,27);1H/t18-,20?;/m0./s1. The number of anilines is 1. The first-order valence-corrected chi connectivity index (χ1v) is 9.78. The number of ether oxygens (including phenoxy) is 2. The van der Waals surface area contributed by atoms with Crippen LogP contribution in [0, 0.1) is 5.41 Å². The van der Waals surface area contributed by atoms with Crippen molar-refractivity contribution in [1.29, 1.82) is 5.41 Å². The number of aryl methyl sites for hydroxylation is 1.